The van der Waals surface area contributed by atoms with E-state index in [0.29, 0.717) is 75.8 Å². The van der Waals surface area contributed by atoms with E-state index in [1.165, 1.54) is 35.5 Å². The molecule has 0 radical (unpaired) electrons. The molecular weight excluding hydrogens is 1040 g/mol. The fourth-order valence-electron chi connectivity index (χ4n) is 9.11. The summed E-state index contributed by atoms with van der Waals surface area (Å²) in [6.45, 7) is 5.31. The minimum Gasteiger partial charge on any atom is -0.445 e. The molecule has 5 heterocycles. The first-order valence-corrected chi connectivity index (χ1v) is 26.3. The molecule has 2 atom stereocenters. The molecular formula is C58H61F2N13O8. The largest absolute Gasteiger partial charge is 0.445 e. The van der Waals surface area contributed by atoms with E-state index in [1.54, 1.807) is 73.1 Å². The first kappa shape index (κ1) is 57.5. The molecule has 420 valence electrons. The number of nitrogens with zero attached hydrogens (tertiary/aromatic N) is 7. The quantitative estimate of drug-likeness (QED) is 0.0243. The van der Waals surface area contributed by atoms with Crippen LogP contribution in [0.3, 0.4) is 0 Å². The van der Waals surface area contributed by atoms with Crippen molar-refractivity contribution in [2.24, 2.45) is 11.7 Å². The maximum absolute atomic E-state index is 14.6. The molecule has 1 aliphatic heterocycles. The number of amides is 8. The molecule has 7 N–H and O–H groups in total. The van der Waals surface area contributed by atoms with Gasteiger partial charge in [0.15, 0.2) is 5.65 Å². The Labute approximate surface area is 464 Å². The summed E-state index contributed by atoms with van der Waals surface area (Å²) in [4.78, 5) is 110. The summed E-state index contributed by atoms with van der Waals surface area (Å²) in [7, 11) is 0. The third kappa shape index (κ3) is 15.5. The number of rotatable bonds is 25. The van der Waals surface area contributed by atoms with Gasteiger partial charge in [0.2, 0.25) is 17.7 Å². The van der Waals surface area contributed by atoms with Crippen LogP contribution >= 0.6 is 0 Å². The first-order chi connectivity index (χ1) is 39.0. The molecule has 0 aliphatic carbocycles. The molecule has 8 amide bonds. The zero-order valence-corrected chi connectivity index (χ0v) is 44.8. The van der Waals surface area contributed by atoms with Crippen LogP contribution in [-0.4, -0.2) is 106 Å². The predicted molar refractivity (Wildman–Crippen MR) is 295 cm³/mol. The number of unbranched alkanes of at least 4 members (excludes halogenated alkanes) is 2. The summed E-state index contributed by atoms with van der Waals surface area (Å²) in [5.41, 5.74) is 11.2. The van der Waals surface area contributed by atoms with Gasteiger partial charge >= 0.3 is 12.1 Å². The van der Waals surface area contributed by atoms with Crippen LogP contribution in [0.4, 0.5) is 24.1 Å². The molecule has 0 saturated carbocycles. The molecule has 4 aromatic heterocycles. The Morgan fingerprint density at radius 1 is 0.802 bits per heavy atom. The van der Waals surface area contributed by atoms with Crippen LogP contribution < -0.4 is 27.0 Å². The van der Waals surface area contributed by atoms with Gasteiger partial charge in [0.1, 0.15) is 48.2 Å². The number of imide groups is 1. The van der Waals surface area contributed by atoms with E-state index in [-0.39, 0.29) is 81.3 Å². The zero-order valence-electron chi connectivity index (χ0n) is 44.8. The molecule has 8 rings (SSSR count). The summed E-state index contributed by atoms with van der Waals surface area (Å²) in [5, 5.41) is 15.1. The summed E-state index contributed by atoms with van der Waals surface area (Å²) in [5.74, 6) is -3.84. The van der Waals surface area contributed by atoms with Crippen molar-refractivity contribution in [3.05, 3.63) is 156 Å². The Morgan fingerprint density at radius 3 is 2.28 bits per heavy atom. The molecule has 81 heavy (non-hydrogen) atoms. The van der Waals surface area contributed by atoms with Gasteiger partial charge in [-0.05, 0) is 109 Å². The number of hydrogen-bond acceptors (Lipinski definition) is 12. The molecule has 0 fully saturated rings. The Balaban J connectivity index is 0.954. The van der Waals surface area contributed by atoms with Crippen molar-refractivity contribution in [1.29, 1.82) is 0 Å². The number of ether oxygens (including phenoxy) is 1. The third-order valence-corrected chi connectivity index (χ3v) is 13.2. The van der Waals surface area contributed by atoms with Gasteiger partial charge in [0.05, 0.1) is 24.5 Å². The number of H-pyrrole nitrogens is 1. The number of aryl methyl sites for hydroxylation is 1. The van der Waals surface area contributed by atoms with Crippen molar-refractivity contribution in [2.75, 3.05) is 18.4 Å². The Hall–Kier alpha value is -9.67. The van der Waals surface area contributed by atoms with Crippen LogP contribution in [0.1, 0.15) is 75.0 Å². The molecule has 0 spiro atoms. The van der Waals surface area contributed by atoms with Gasteiger partial charge in [0.25, 0.3) is 11.8 Å². The minimum absolute atomic E-state index is 0.0786. The topological polar surface area (TPSA) is 281 Å². The second kappa shape index (κ2) is 26.8. The number of nitrogens with one attached hydrogen (secondary N) is 5. The Morgan fingerprint density at radius 2 is 1.56 bits per heavy atom. The first-order valence-electron chi connectivity index (χ1n) is 26.3. The van der Waals surface area contributed by atoms with Crippen molar-refractivity contribution in [1.82, 2.24) is 55.3 Å². The Kier molecular flexibility index (Phi) is 19.0. The van der Waals surface area contributed by atoms with Crippen LogP contribution in [0.5, 0.6) is 0 Å². The lowest BCUT2D eigenvalue weighted by Gasteiger charge is -2.25. The smallest absolute Gasteiger partial charge is 0.410 e. The van der Waals surface area contributed by atoms with E-state index in [0.717, 1.165) is 16.7 Å². The number of aromatic amines is 1. The number of pyridine rings is 2. The van der Waals surface area contributed by atoms with E-state index >= 15 is 0 Å². The lowest BCUT2D eigenvalue weighted by Crippen LogP contribution is -2.54. The molecule has 0 bridgehead atoms. The van der Waals surface area contributed by atoms with Gasteiger partial charge in [0, 0.05) is 60.9 Å². The highest BCUT2D eigenvalue weighted by atomic mass is 19.1. The lowest BCUT2D eigenvalue weighted by molar-refractivity contribution is -0.137. The van der Waals surface area contributed by atoms with Crippen molar-refractivity contribution in [3.63, 3.8) is 0 Å². The normalized spacial score (nSPS) is 12.8. The molecule has 7 aromatic rings. The number of carbonyl (C=O) groups is 7. The third-order valence-electron chi connectivity index (χ3n) is 13.2. The number of anilines is 1. The number of urea groups is 1. The number of benzene rings is 3. The SMILES string of the molecule is Cc1cccc(-c2nc(CN(Cc3ccccc3-c3cc(F)cc(F)c3)C(=O)OCc3ccc(NC(=O)C(CCCNC(N)=O)NC(=O)C(NC(=O)CCCCCN4C(=O)C=CC4=O)C(C)C)cc3)[nH]c2-c2ccc3ncnn3c2)n1. The van der Waals surface area contributed by atoms with Crippen LogP contribution in [0.25, 0.3) is 39.4 Å². The van der Waals surface area contributed by atoms with Gasteiger partial charge in [-0.25, -0.2) is 32.9 Å². The van der Waals surface area contributed by atoms with Crippen LogP contribution in [0.2, 0.25) is 0 Å². The van der Waals surface area contributed by atoms with Gasteiger partial charge in [-0.3, -0.25) is 38.8 Å². The van der Waals surface area contributed by atoms with Crippen LogP contribution in [0.15, 0.2) is 122 Å². The summed E-state index contributed by atoms with van der Waals surface area (Å²) >= 11 is 0. The number of carbonyl (C=O) groups excluding carboxylic acids is 7. The monoisotopic (exact) mass is 1110 g/mol. The number of primary amides is 1. The summed E-state index contributed by atoms with van der Waals surface area (Å²) in [6.07, 6.45) is 6.87. The lowest BCUT2D eigenvalue weighted by atomic mass is 9.99. The number of fused-ring (bicyclic) bond motifs is 1. The highest BCUT2D eigenvalue weighted by Crippen LogP contribution is 2.32. The van der Waals surface area contributed by atoms with Gasteiger partial charge < -0.3 is 36.7 Å². The highest BCUT2D eigenvalue weighted by molar-refractivity contribution is 6.12. The standard InChI is InChI=1S/C58H61F2N13O8/c1-35(2)52(70-49(74)16-5-4-8-26-72-50(75)23-24-51(72)76)56(78)67-46(15-10-25-62-57(61)79)55(77)66-43-20-17-37(18-21-43)33-81-58(80)71(30-38-12-6-7-13-44(38)40-27-41(59)29-42(60)28-40)32-47-68-53(39-19-22-48-63-34-64-73(48)31-39)54(69-47)45-14-9-11-36(3)65-45/h6-7,9,11-14,17-24,27-29,31,34-35,46,52H,4-5,8,10,15-16,25-26,30,32-33H2,1-3H3,(H,66,77)(H,67,78)(H,68,69)(H,70,74)(H3,61,62,79). The number of aromatic nitrogens is 6. The average molecular weight is 1110 g/mol. The Bertz CT molecular complexity index is 3430. The fraction of sp³-hybridized carbons (Fsp3) is 0.293. The zero-order chi connectivity index (χ0) is 57.6. The fourth-order valence-corrected chi connectivity index (χ4v) is 9.11. The molecule has 2 unspecified atom stereocenters. The van der Waals surface area contributed by atoms with Crippen molar-refractivity contribution in [3.8, 4) is 33.8 Å². The van der Waals surface area contributed by atoms with E-state index in [1.807, 2.05) is 37.3 Å². The predicted octanol–water partition coefficient (Wildman–Crippen LogP) is 7.27. The van der Waals surface area contributed by atoms with Crippen molar-refractivity contribution in [2.45, 2.75) is 91.1 Å². The molecule has 1 aliphatic rings. The van der Waals surface area contributed by atoms with Crippen molar-refractivity contribution < 1.29 is 47.1 Å². The second-order valence-corrected chi connectivity index (χ2v) is 19.7. The molecule has 3 aromatic carbocycles. The second-order valence-electron chi connectivity index (χ2n) is 19.7. The number of nitrogens with two attached hydrogens (primary N) is 1. The van der Waals surface area contributed by atoms with E-state index < -0.39 is 47.7 Å². The minimum atomic E-state index is -1.11. The molecule has 0 saturated heterocycles. The summed E-state index contributed by atoms with van der Waals surface area (Å²) < 4.78 is 36.8. The van der Waals surface area contributed by atoms with Gasteiger partial charge in [-0.1, -0.05) is 62.7 Å². The average Bonchev–Trinajstić information content (AvgIpc) is 4.26. The maximum atomic E-state index is 14.6. The number of imidazole rings is 1. The van der Waals surface area contributed by atoms with Gasteiger partial charge in [-0.2, -0.15) is 5.10 Å². The van der Waals surface area contributed by atoms with E-state index in [4.69, 9.17) is 20.4 Å². The van der Waals surface area contributed by atoms with Gasteiger partial charge in [-0.15, -0.1) is 0 Å². The summed E-state index contributed by atoms with van der Waals surface area (Å²) in [6, 6.07) is 23.0. The van der Waals surface area contributed by atoms with E-state index in [9.17, 15) is 42.3 Å². The molecule has 23 heteroatoms. The molecule has 21 nitrogen and oxygen atoms in total. The number of halogens is 2. The van der Waals surface area contributed by atoms with E-state index in [2.05, 4.69) is 36.3 Å². The van der Waals surface area contributed by atoms with Crippen molar-refractivity contribution >= 4 is 53.0 Å². The van der Waals surface area contributed by atoms with Crippen LogP contribution in [-0.2, 0) is 48.4 Å². The number of hydrogen-bond donors (Lipinski definition) is 6. The maximum Gasteiger partial charge on any atom is 0.410 e. The van der Waals surface area contributed by atoms with Crippen LogP contribution in [0, 0.1) is 24.5 Å². The highest BCUT2D eigenvalue weighted by Gasteiger charge is 2.30.